The van der Waals surface area contributed by atoms with E-state index in [1.54, 1.807) is 13.3 Å². The quantitative estimate of drug-likeness (QED) is 0.805. The molecule has 0 aliphatic rings. The number of hydrogen-bond donors (Lipinski definition) is 1. The number of hydrogen-bond acceptors (Lipinski definition) is 3. The molecule has 16 heavy (non-hydrogen) atoms. The number of aromatic nitrogens is 1. The van der Waals surface area contributed by atoms with Gasteiger partial charge in [0.1, 0.15) is 5.15 Å². The van der Waals surface area contributed by atoms with Crippen LogP contribution in [0.3, 0.4) is 0 Å². The van der Waals surface area contributed by atoms with Gasteiger partial charge in [0.2, 0.25) is 0 Å². The van der Waals surface area contributed by atoms with E-state index in [4.69, 9.17) is 16.3 Å². The van der Waals surface area contributed by atoms with Crippen molar-refractivity contribution in [2.24, 2.45) is 0 Å². The van der Waals surface area contributed by atoms with E-state index in [1.807, 2.05) is 13.0 Å². The maximum atomic E-state index is 5.85. The van der Waals surface area contributed by atoms with Crippen LogP contribution in [0.4, 0.5) is 5.69 Å². The normalized spacial score (nSPS) is 11.6. The van der Waals surface area contributed by atoms with Crippen LogP contribution in [0.25, 0.3) is 0 Å². The van der Waals surface area contributed by atoms with Gasteiger partial charge in [-0.15, -0.1) is 0 Å². The third-order valence-corrected chi connectivity index (χ3v) is 3.02. The van der Waals surface area contributed by atoms with Crippen LogP contribution in [0.2, 0.25) is 5.15 Å². The molecule has 1 rings (SSSR count). The minimum atomic E-state index is -0.0953. The average molecular weight is 243 g/mol. The molecule has 1 aromatic rings. The van der Waals surface area contributed by atoms with E-state index in [0.29, 0.717) is 5.15 Å². The Bertz CT molecular complexity index is 353. The molecule has 0 aromatic carbocycles. The van der Waals surface area contributed by atoms with Crippen molar-refractivity contribution in [3.8, 4) is 0 Å². The fourth-order valence-corrected chi connectivity index (χ4v) is 1.37. The third-order valence-electron chi connectivity index (χ3n) is 2.62. The summed E-state index contributed by atoms with van der Waals surface area (Å²) in [6, 6.07) is 2.00. The number of pyridine rings is 1. The minimum Gasteiger partial charge on any atom is -0.384 e. The number of nitrogens with zero attached hydrogens (tertiary/aromatic N) is 1. The summed E-state index contributed by atoms with van der Waals surface area (Å²) < 4.78 is 5.34. The van der Waals surface area contributed by atoms with Crippen LogP contribution in [-0.4, -0.2) is 24.2 Å². The van der Waals surface area contributed by atoms with Gasteiger partial charge < -0.3 is 10.1 Å². The highest BCUT2D eigenvalue weighted by molar-refractivity contribution is 6.30. The van der Waals surface area contributed by atoms with Gasteiger partial charge in [-0.3, -0.25) is 0 Å². The summed E-state index contributed by atoms with van der Waals surface area (Å²) >= 11 is 5.85. The molecule has 0 saturated carbocycles. The second-order valence-corrected chi connectivity index (χ2v) is 4.83. The van der Waals surface area contributed by atoms with Crippen LogP contribution >= 0.6 is 11.6 Å². The second kappa shape index (κ2) is 5.51. The molecule has 0 saturated heterocycles. The fourth-order valence-electron chi connectivity index (χ4n) is 1.26. The molecular weight excluding hydrogens is 224 g/mol. The molecule has 0 atom stereocenters. The topological polar surface area (TPSA) is 34.1 Å². The van der Waals surface area contributed by atoms with Gasteiger partial charge in [-0.05, 0) is 38.8 Å². The Morgan fingerprint density at radius 1 is 1.50 bits per heavy atom. The Labute approximate surface area is 102 Å². The Morgan fingerprint density at radius 3 is 2.75 bits per heavy atom. The van der Waals surface area contributed by atoms with Crippen LogP contribution in [0.15, 0.2) is 12.3 Å². The molecule has 0 fully saturated rings. The van der Waals surface area contributed by atoms with Crippen LogP contribution in [-0.2, 0) is 4.74 Å². The highest BCUT2D eigenvalue weighted by atomic mass is 35.5. The molecule has 0 aliphatic carbocycles. The SMILES string of the molecule is COC(C)(C)CCNc1cnc(Cl)c(C)c1. The number of rotatable bonds is 5. The highest BCUT2D eigenvalue weighted by Crippen LogP contribution is 2.17. The molecule has 0 aliphatic heterocycles. The number of halogens is 1. The fraction of sp³-hybridized carbons (Fsp3) is 0.583. The lowest BCUT2D eigenvalue weighted by atomic mass is 10.1. The predicted molar refractivity (Wildman–Crippen MR) is 68.2 cm³/mol. The Balaban J connectivity index is 2.46. The van der Waals surface area contributed by atoms with Crippen molar-refractivity contribution >= 4 is 17.3 Å². The van der Waals surface area contributed by atoms with E-state index in [2.05, 4.69) is 24.1 Å². The maximum absolute atomic E-state index is 5.85. The molecule has 1 heterocycles. The van der Waals surface area contributed by atoms with Crippen molar-refractivity contribution in [1.82, 2.24) is 4.98 Å². The lowest BCUT2D eigenvalue weighted by molar-refractivity contribution is 0.0185. The standard InChI is InChI=1S/C12H19ClN2O/c1-9-7-10(8-15-11(9)13)14-6-5-12(2,3)16-4/h7-8,14H,5-6H2,1-4H3. The van der Waals surface area contributed by atoms with Crippen molar-refractivity contribution in [2.75, 3.05) is 19.0 Å². The number of anilines is 1. The summed E-state index contributed by atoms with van der Waals surface area (Å²) in [5.41, 5.74) is 1.88. The monoisotopic (exact) mass is 242 g/mol. The number of ether oxygens (including phenoxy) is 1. The van der Waals surface area contributed by atoms with E-state index in [-0.39, 0.29) is 5.60 Å². The zero-order chi connectivity index (χ0) is 12.2. The zero-order valence-electron chi connectivity index (χ0n) is 10.3. The lowest BCUT2D eigenvalue weighted by Crippen LogP contribution is -2.25. The van der Waals surface area contributed by atoms with Crippen LogP contribution in [0.5, 0.6) is 0 Å². The second-order valence-electron chi connectivity index (χ2n) is 4.47. The van der Waals surface area contributed by atoms with Crippen LogP contribution in [0.1, 0.15) is 25.8 Å². The molecule has 0 unspecified atom stereocenters. The smallest absolute Gasteiger partial charge is 0.132 e. The summed E-state index contributed by atoms with van der Waals surface area (Å²) in [4.78, 5) is 4.09. The summed E-state index contributed by atoms with van der Waals surface area (Å²) in [6.07, 6.45) is 2.68. The van der Waals surface area contributed by atoms with Crippen molar-refractivity contribution < 1.29 is 4.74 Å². The zero-order valence-corrected chi connectivity index (χ0v) is 11.1. The average Bonchev–Trinajstić information content (AvgIpc) is 2.23. The largest absolute Gasteiger partial charge is 0.384 e. The molecule has 0 bridgehead atoms. The first-order valence-electron chi connectivity index (χ1n) is 5.36. The third kappa shape index (κ3) is 3.99. The first-order valence-corrected chi connectivity index (χ1v) is 5.73. The van der Waals surface area contributed by atoms with E-state index >= 15 is 0 Å². The van der Waals surface area contributed by atoms with Gasteiger partial charge in [0.05, 0.1) is 17.5 Å². The summed E-state index contributed by atoms with van der Waals surface area (Å²) in [5.74, 6) is 0. The summed E-state index contributed by atoms with van der Waals surface area (Å²) in [7, 11) is 1.73. The van der Waals surface area contributed by atoms with Crippen molar-refractivity contribution in [3.63, 3.8) is 0 Å². The Hall–Kier alpha value is -0.800. The highest BCUT2D eigenvalue weighted by Gasteiger charge is 2.15. The van der Waals surface area contributed by atoms with Gasteiger partial charge in [-0.25, -0.2) is 4.98 Å². The van der Waals surface area contributed by atoms with E-state index in [0.717, 1.165) is 24.2 Å². The molecule has 1 aromatic heterocycles. The number of aryl methyl sites for hydroxylation is 1. The van der Waals surface area contributed by atoms with Crippen molar-refractivity contribution in [1.29, 1.82) is 0 Å². The lowest BCUT2D eigenvalue weighted by Gasteiger charge is -2.23. The van der Waals surface area contributed by atoms with Gasteiger partial charge in [0, 0.05) is 13.7 Å². The van der Waals surface area contributed by atoms with Gasteiger partial charge >= 0.3 is 0 Å². The molecule has 90 valence electrons. The van der Waals surface area contributed by atoms with Crippen LogP contribution in [0, 0.1) is 6.92 Å². The number of methoxy groups -OCH3 is 1. The predicted octanol–water partition coefficient (Wildman–Crippen LogP) is 3.27. The molecule has 0 radical (unpaired) electrons. The Kier molecular flexibility index (Phi) is 4.56. The molecule has 4 heteroatoms. The summed E-state index contributed by atoms with van der Waals surface area (Å²) in [5, 5.41) is 3.86. The van der Waals surface area contributed by atoms with Crippen LogP contribution < -0.4 is 5.32 Å². The summed E-state index contributed by atoms with van der Waals surface area (Å²) in [6.45, 7) is 6.93. The number of nitrogens with one attached hydrogen (secondary N) is 1. The molecule has 1 N–H and O–H groups in total. The van der Waals surface area contributed by atoms with Gasteiger partial charge in [0.15, 0.2) is 0 Å². The van der Waals surface area contributed by atoms with Gasteiger partial charge in [0.25, 0.3) is 0 Å². The van der Waals surface area contributed by atoms with Gasteiger partial charge in [-0.1, -0.05) is 11.6 Å². The van der Waals surface area contributed by atoms with E-state index < -0.39 is 0 Å². The van der Waals surface area contributed by atoms with E-state index in [1.165, 1.54) is 0 Å². The molecular formula is C12H19ClN2O. The maximum Gasteiger partial charge on any atom is 0.132 e. The van der Waals surface area contributed by atoms with Crippen molar-refractivity contribution in [2.45, 2.75) is 32.8 Å². The Morgan fingerprint density at radius 2 is 2.19 bits per heavy atom. The minimum absolute atomic E-state index is 0.0953. The van der Waals surface area contributed by atoms with E-state index in [9.17, 15) is 0 Å². The molecule has 0 spiro atoms. The van der Waals surface area contributed by atoms with Gasteiger partial charge in [-0.2, -0.15) is 0 Å². The first kappa shape index (κ1) is 13.3. The first-order chi connectivity index (χ1) is 7.44. The molecule has 3 nitrogen and oxygen atoms in total. The van der Waals surface area contributed by atoms with Crippen molar-refractivity contribution in [3.05, 3.63) is 23.0 Å². The molecule has 0 amide bonds.